The maximum atomic E-state index is 12.6. The van der Waals surface area contributed by atoms with Gasteiger partial charge in [-0.2, -0.15) is 0 Å². The first-order chi connectivity index (χ1) is 14.9. The van der Waals surface area contributed by atoms with Crippen LogP contribution in [0.3, 0.4) is 0 Å². The average molecular weight is 427 g/mol. The van der Waals surface area contributed by atoms with Crippen molar-refractivity contribution in [1.82, 2.24) is 4.90 Å². The summed E-state index contributed by atoms with van der Waals surface area (Å²) in [5.74, 6) is 1.40. The van der Waals surface area contributed by atoms with E-state index >= 15 is 0 Å². The molecule has 2 unspecified atom stereocenters. The van der Waals surface area contributed by atoms with E-state index in [0.717, 1.165) is 19.3 Å². The molecule has 0 aromatic heterocycles. The molecule has 3 rings (SSSR count). The van der Waals surface area contributed by atoms with Gasteiger partial charge in [0.2, 0.25) is 0 Å². The number of piperidine rings is 1. The van der Waals surface area contributed by atoms with Crippen molar-refractivity contribution in [2.24, 2.45) is 0 Å². The molecule has 0 spiro atoms. The SMILES string of the molecule is COc1ccc(OC)c(NC(=O)c2ccc(OCC(=O)N3C(C)CCCC3C)cc2)c1. The molecular formula is C24H30N2O5. The maximum Gasteiger partial charge on any atom is 0.260 e. The Morgan fingerprint density at radius 1 is 0.968 bits per heavy atom. The second kappa shape index (κ2) is 10.2. The first-order valence-electron chi connectivity index (χ1n) is 10.5. The molecule has 0 radical (unpaired) electrons. The minimum Gasteiger partial charge on any atom is -0.497 e. The fraction of sp³-hybridized carbons (Fsp3) is 0.417. The topological polar surface area (TPSA) is 77.1 Å². The highest BCUT2D eigenvalue weighted by molar-refractivity contribution is 6.05. The number of ether oxygens (including phenoxy) is 3. The molecule has 1 heterocycles. The number of methoxy groups -OCH3 is 2. The largest absolute Gasteiger partial charge is 0.497 e. The molecule has 2 atom stereocenters. The Bertz CT molecular complexity index is 903. The smallest absolute Gasteiger partial charge is 0.260 e. The lowest BCUT2D eigenvalue weighted by molar-refractivity contribution is -0.139. The third-order valence-electron chi connectivity index (χ3n) is 5.62. The van der Waals surface area contributed by atoms with Gasteiger partial charge in [-0.1, -0.05) is 0 Å². The van der Waals surface area contributed by atoms with Gasteiger partial charge >= 0.3 is 0 Å². The van der Waals surface area contributed by atoms with Crippen LogP contribution in [0.4, 0.5) is 5.69 Å². The van der Waals surface area contributed by atoms with Gasteiger partial charge in [0, 0.05) is 23.7 Å². The predicted molar refractivity (Wildman–Crippen MR) is 119 cm³/mol. The highest BCUT2D eigenvalue weighted by Gasteiger charge is 2.29. The van der Waals surface area contributed by atoms with Crippen LogP contribution >= 0.6 is 0 Å². The lowest BCUT2D eigenvalue weighted by Gasteiger charge is -2.38. The van der Waals surface area contributed by atoms with E-state index in [9.17, 15) is 9.59 Å². The molecule has 1 aliphatic rings. The lowest BCUT2D eigenvalue weighted by atomic mass is 9.97. The number of amides is 2. The highest BCUT2D eigenvalue weighted by atomic mass is 16.5. The van der Waals surface area contributed by atoms with Crippen molar-refractivity contribution < 1.29 is 23.8 Å². The van der Waals surface area contributed by atoms with Crippen molar-refractivity contribution in [3.05, 3.63) is 48.0 Å². The van der Waals surface area contributed by atoms with Gasteiger partial charge in [0.1, 0.15) is 17.2 Å². The Morgan fingerprint density at radius 2 is 1.61 bits per heavy atom. The summed E-state index contributed by atoms with van der Waals surface area (Å²) in [6.45, 7) is 4.15. The highest BCUT2D eigenvalue weighted by Crippen LogP contribution is 2.29. The van der Waals surface area contributed by atoms with E-state index in [1.807, 2.05) is 4.90 Å². The first kappa shape index (κ1) is 22.5. The minimum absolute atomic E-state index is 0.00774. The van der Waals surface area contributed by atoms with E-state index in [2.05, 4.69) is 19.2 Å². The Morgan fingerprint density at radius 3 is 2.23 bits per heavy atom. The fourth-order valence-electron chi connectivity index (χ4n) is 3.94. The van der Waals surface area contributed by atoms with Crippen molar-refractivity contribution in [3.63, 3.8) is 0 Å². The lowest BCUT2D eigenvalue weighted by Crippen LogP contribution is -2.49. The molecule has 1 N–H and O–H groups in total. The van der Waals surface area contributed by atoms with Gasteiger partial charge in [-0.15, -0.1) is 0 Å². The second-order valence-electron chi connectivity index (χ2n) is 7.76. The molecule has 166 valence electrons. The number of nitrogens with one attached hydrogen (secondary N) is 1. The van der Waals surface area contributed by atoms with Crippen molar-refractivity contribution in [2.45, 2.75) is 45.2 Å². The molecule has 7 heteroatoms. The Balaban J connectivity index is 1.60. The summed E-state index contributed by atoms with van der Waals surface area (Å²) in [7, 11) is 3.10. The summed E-state index contributed by atoms with van der Waals surface area (Å²) >= 11 is 0. The summed E-state index contributed by atoms with van der Waals surface area (Å²) in [6.07, 6.45) is 3.20. The molecular weight excluding hydrogens is 396 g/mol. The van der Waals surface area contributed by atoms with Gasteiger partial charge in [-0.05, 0) is 69.5 Å². The third-order valence-corrected chi connectivity index (χ3v) is 5.62. The Labute approximate surface area is 183 Å². The van der Waals surface area contributed by atoms with Crippen LogP contribution in [0.5, 0.6) is 17.2 Å². The number of likely N-dealkylation sites (tertiary alicyclic amines) is 1. The molecule has 31 heavy (non-hydrogen) atoms. The predicted octanol–water partition coefficient (Wildman–Crippen LogP) is 4.12. The molecule has 2 amide bonds. The summed E-state index contributed by atoms with van der Waals surface area (Å²) in [5.41, 5.74) is 0.976. The zero-order valence-electron chi connectivity index (χ0n) is 18.5. The van der Waals surface area contributed by atoms with Crippen LogP contribution in [-0.2, 0) is 4.79 Å². The molecule has 0 saturated carbocycles. The quantitative estimate of drug-likeness (QED) is 0.721. The van der Waals surface area contributed by atoms with Crippen molar-refractivity contribution in [1.29, 1.82) is 0 Å². The van der Waals surface area contributed by atoms with E-state index in [4.69, 9.17) is 14.2 Å². The number of carbonyl (C=O) groups is 2. The van der Waals surface area contributed by atoms with Crippen molar-refractivity contribution in [2.75, 3.05) is 26.1 Å². The normalized spacial score (nSPS) is 18.3. The zero-order valence-corrected chi connectivity index (χ0v) is 18.5. The molecule has 2 aromatic rings. The maximum absolute atomic E-state index is 12.6. The van der Waals surface area contributed by atoms with Crippen molar-refractivity contribution in [3.8, 4) is 17.2 Å². The number of nitrogens with zero attached hydrogens (tertiary/aromatic N) is 1. The van der Waals surface area contributed by atoms with Crippen LogP contribution in [-0.4, -0.2) is 49.6 Å². The van der Waals surface area contributed by atoms with E-state index in [1.165, 1.54) is 7.11 Å². The summed E-state index contributed by atoms with van der Waals surface area (Å²) < 4.78 is 16.2. The van der Waals surface area contributed by atoms with Gasteiger partial charge in [0.15, 0.2) is 6.61 Å². The summed E-state index contributed by atoms with van der Waals surface area (Å²) in [5, 5.41) is 2.83. The van der Waals surface area contributed by atoms with Gasteiger partial charge in [-0.25, -0.2) is 0 Å². The molecule has 1 aliphatic heterocycles. The van der Waals surface area contributed by atoms with Crippen molar-refractivity contribution >= 4 is 17.5 Å². The van der Waals surface area contributed by atoms with E-state index < -0.39 is 0 Å². The Kier molecular flexibility index (Phi) is 7.39. The number of carbonyl (C=O) groups excluding carboxylic acids is 2. The zero-order chi connectivity index (χ0) is 22.4. The van der Waals surface area contributed by atoms with Gasteiger partial charge in [0.25, 0.3) is 11.8 Å². The van der Waals surface area contributed by atoms with Gasteiger partial charge in [-0.3, -0.25) is 9.59 Å². The van der Waals surface area contributed by atoms with E-state index in [-0.39, 0.29) is 30.5 Å². The average Bonchev–Trinajstić information content (AvgIpc) is 2.77. The van der Waals surface area contributed by atoms with Crippen LogP contribution in [0.1, 0.15) is 43.5 Å². The molecule has 0 bridgehead atoms. The fourth-order valence-corrected chi connectivity index (χ4v) is 3.94. The van der Waals surface area contributed by atoms with Gasteiger partial charge in [0.05, 0.1) is 19.9 Å². The van der Waals surface area contributed by atoms with Crippen LogP contribution in [0.15, 0.2) is 42.5 Å². The molecule has 1 saturated heterocycles. The van der Waals surface area contributed by atoms with Crippen LogP contribution < -0.4 is 19.5 Å². The van der Waals surface area contributed by atoms with Crippen LogP contribution in [0.25, 0.3) is 0 Å². The second-order valence-corrected chi connectivity index (χ2v) is 7.76. The molecule has 7 nitrogen and oxygen atoms in total. The monoisotopic (exact) mass is 426 g/mol. The number of hydrogen-bond acceptors (Lipinski definition) is 5. The number of benzene rings is 2. The Hall–Kier alpha value is -3.22. The third kappa shape index (κ3) is 5.48. The van der Waals surface area contributed by atoms with Crippen LogP contribution in [0, 0.1) is 0 Å². The van der Waals surface area contributed by atoms with E-state index in [0.29, 0.717) is 28.5 Å². The number of hydrogen-bond donors (Lipinski definition) is 1. The molecule has 2 aromatic carbocycles. The first-order valence-corrected chi connectivity index (χ1v) is 10.5. The summed E-state index contributed by atoms with van der Waals surface area (Å²) in [6, 6.07) is 12.4. The minimum atomic E-state index is -0.287. The standard InChI is InChI=1S/C24H30N2O5/c1-16-6-5-7-17(2)26(16)23(27)15-31-19-10-8-18(9-11-19)24(28)25-21-14-20(29-3)12-13-22(21)30-4/h8-14,16-17H,5-7,15H2,1-4H3,(H,25,28). The van der Waals surface area contributed by atoms with Gasteiger partial charge < -0.3 is 24.4 Å². The number of anilines is 1. The summed E-state index contributed by atoms with van der Waals surface area (Å²) in [4.78, 5) is 27.2. The number of rotatable bonds is 7. The van der Waals surface area contributed by atoms with E-state index in [1.54, 1.807) is 49.6 Å². The molecule has 1 fully saturated rings. The molecule has 0 aliphatic carbocycles. The van der Waals surface area contributed by atoms with Crippen LogP contribution in [0.2, 0.25) is 0 Å².